The molecule has 0 aliphatic carbocycles. The van der Waals surface area contributed by atoms with Gasteiger partial charge in [-0.2, -0.15) is 0 Å². The van der Waals surface area contributed by atoms with Gasteiger partial charge in [-0.3, -0.25) is 4.79 Å². The van der Waals surface area contributed by atoms with Crippen molar-refractivity contribution in [2.45, 2.75) is 38.8 Å². The first-order chi connectivity index (χ1) is 11.6. The fourth-order valence-corrected chi connectivity index (χ4v) is 2.19. The normalized spacial score (nSPS) is 12.1. The molecule has 0 aromatic heterocycles. The Bertz CT molecular complexity index is 622. The van der Waals surface area contributed by atoms with Gasteiger partial charge in [-0.05, 0) is 26.8 Å². The van der Waals surface area contributed by atoms with Gasteiger partial charge in [0, 0.05) is 11.6 Å². The van der Waals surface area contributed by atoms with Crippen LogP contribution in [0.3, 0.4) is 0 Å². The number of carbonyl (C=O) groups is 2. The topological polar surface area (TPSA) is 103 Å². The first-order valence-electron chi connectivity index (χ1n) is 7.62. The molecule has 0 saturated carbocycles. The summed E-state index contributed by atoms with van der Waals surface area (Å²) in [7, 11) is 4.38. The zero-order chi connectivity index (χ0) is 19.2. The number of methoxy groups -OCH3 is 3. The number of aliphatic carboxylic acids is 1. The highest BCUT2D eigenvalue weighted by Crippen LogP contribution is 2.38. The molecule has 140 valence electrons. The molecule has 1 rings (SSSR count). The number of hydrogen-bond donors (Lipinski definition) is 2. The molecule has 1 atom stereocenters. The van der Waals surface area contributed by atoms with Gasteiger partial charge in [0.05, 0.1) is 33.8 Å². The average molecular weight is 355 g/mol. The van der Waals surface area contributed by atoms with E-state index >= 15 is 0 Å². The molecule has 0 aliphatic rings. The number of rotatable bonds is 7. The molecule has 25 heavy (non-hydrogen) atoms. The van der Waals surface area contributed by atoms with Gasteiger partial charge >= 0.3 is 12.1 Å². The molecule has 0 bridgehead atoms. The first kappa shape index (κ1) is 20.4. The third-order valence-corrected chi connectivity index (χ3v) is 3.18. The van der Waals surface area contributed by atoms with Gasteiger partial charge in [0.1, 0.15) is 11.4 Å². The Morgan fingerprint density at radius 3 is 2.00 bits per heavy atom. The Morgan fingerprint density at radius 2 is 1.56 bits per heavy atom. The molecule has 0 radical (unpaired) electrons. The van der Waals surface area contributed by atoms with Crippen LogP contribution >= 0.6 is 0 Å². The van der Waals surface area contributed by atoms with Crippen LogP contribution < -0.4 is 19.5 Å². The second-order valence-electron chi connectivity index (χ2n) is 6.25. The Balaban J connectivity index is 3.25. The van der Waals surface area contributed by atoms with E-state index in [1.165, 1.54) is 21.3 Å². The van der Waals surface area contributed by atoms with E-state index in [1.807, 2.05) is 0 Å². The maximum atomic E-state index is 12.1. The molecule has 0 fully saturated rings. The predicted molar refractivity (Wildman–Crippen MR) is 90.5 cm³/mol. The quantitative estimate of drug-likeness (QED) is 0.775. The van der Waals surface area contributed by atoms with Gasteiger partial charge in [0.15, 0.2) is 11.5 Å². The van der Waals surface area contributed by atoms with E-state index in [0.29, 0.717) is 22.8 Å². The summed E-state index contributed by atoms with van der Waals surface area (Å²) in [5.41, 5.74) is -0.270. The zero-order valence-corrected chi connectivity index (χ0v) is 15.3. The highest BCUT2D eigenvalue weighted by Gasteiger charge is 2.26. The maximum absolute atomic E-state index is 12.1. The molecule has 0 unspecified atom stereocenters. The number of amides is 1. The smallest absolute Gasteiger partial charge is 0.408 e. The van der Waals surface area contributed by atoms with Crippen molar-refractivity contribution >= 4 is 12.1 Å². The molecule has 8 heteroatoms. The van der Waals surface area contributed by atoms with Gasteiger partial charge in [0.2, 0.25) is 0 Å². The van der Waals surface area contributed by atoms with Crippen molar-refractivity contribution in [2.75, 3.05) is 21.3 Å². The van der Waals surface area contributed by atoms with Gasteiger partial charge in [0.25, 0.3) is 0 Å². The van der Waals surface area contributed by atoms with Crippen molar-refractivity contribution in [1.82, 2.24) is 5.32 Å². The highest BCUT2D eigenvalue weighted by atomic mass is 16.6. The summed E-state index contributed by atoms with van der Waals surface area (Å²) in [6, 6.07) is 2.27. The average Bonchev–Trinajstić information content (AvgIpc) is 2.50. The molecule has 8 nitrogen and oxygen atoms in total. The van der Waals surface area contributed by atoms with Crippen LogP contribution in [0.4, 0.5) is 4.79 Å². The van der Waals surface area contributed by atoms with Crippen molar-refractivity contribution in [3.8, 4) is 17.2 Å². The van der Waals surface area contributed by atoms with E-state index in [2.05, 4.69) is 5.32 Å². The monoisotopic (exact) mass is 355 g/mol. The summed E-state index contributed by atoms with van der Waals surface area (Å²) >= 11 is 0. The molecule has 0 heterocycles. The standard InChI is InChI=1S/C17H25NO7/c1-17(2,3)25-16(21)18-11(8-15(19)20)10-7-13(23-5)14(24-6)9-12(10)22-4/h7,9,11H,8H2,1-6H3,(H,18,21)(H,19,20)/t11-/m0/s1. The van der Waals surface area contributed by atoms with E-state index in [1.54, 1.807) is 32.9 Å². The molecule has 2 N–H and O–H groups in total. The summed E-state index contributed by atoms with van der Waals surface area (Å²) in [6.07, 6.45) is -1.08. The Morgan fingerprint density at radius 1 is 1.04 bits per heavy atom. The first-order valence-corrected chi connectivity index (χ1v) is 7.62. The van der Waals surface area contributed by atoms with Crippen LogP contribution in [0.1, 0.15) is 38.8 Å². The second-order valence-corrected chi connectivity index (χ2v) is 6.25. The third kappa shape index (κ3) is 6.06. The van der Waals surface area contributed by atoms with Gasteiger partial charge < -0.3 is 29.4 Å². The van der Waals surface area contributed by atoms with Crippen LogP contribution in [0.5, 0.6) is 17.2 Å². The zero-order valence-electron chi connectivity index (χ0n) is 15.3. The van der Waals surface area contributed by atoms with Crippen molar-refractivity contribution < 1.29 is 33.6 Å². The van der Waals surface area contributed by atoms with Gasteiger partial charge in [-0.25, -0.2) is 4.79 Å². The minimum absolute atomic E-state index is 0.356. The lowest BCUT2D eigenvalue weighted by Crippen LogP contribution is -2.36. The number of nitrogens with one attached hydrogen (secondary N) is 1. The lowest BCUT2D eigenvalue weighted by molar-refractivity contribution is -0.137. The van der Waals surface area contributed by atoms with Crippen LogP contribution in [0.2, 0.25) is 0 Å². The van der Waals surface area contributed by atoms with Crippen molar-refractivity contribution in [1.29, 1.82) is 0 Å². The minimum Gasteiger partial charge on any atom is -0.496 e. The number of carbonyl (C=O) groups excluding carboxylic acids is 1. The third-order valence-electron chi connectivity index (χ3n) is 3.18. The van der Waals surface area contributed by atoms with Gasteiger partial charge in [-0.1, -0.05) is 0 Å². The van der Waals surface area contributed by atoms with E-state index in [0.717, 1.165) is 0 Å². The summed E-state index contributed by atoms with van der Waals surface area (Å²) in [5.74, 6) is 0.0898. The maximum Gasteiger partial charge on any atom is 0.408 e. The lowest BCUT2D eigenvalue weighted by atomic mass is 10.0. The van der Waals surface area contributed by atoms with Crippen molar-refractivity contribution in [3.63, 3.8) is 0 Å². The summed E-state index contributed by atoms with van der Waals surface area (Å²) in [4.78, 5) is 23.3. The van der Waals surface area contributed by atoms with E-state index in [-0.39, 0.29) is 6.42 Å². The lowest BCUT2D eigenvalue weighted by Gasteiger charge is -2.24. The van der Waals surface area contributed by atoms with E-state index in [9.17, 15) is 14.7 Å². The van der Waals surface area contributed by atoms with E-state index in [4.69, 9.17) is 18.9 Å². The van der Waals surface area contributed by atoms with Crippen molar-refractivity contribution in [2.24, 2.45) is 0 Å². The summed E-state index contributed by atoms with van der Waals surface area (Å²) in [5, 5.41) is 11.8. The molecule has 1 aromatic carbocycles. The fraction of sp³-hybridized carbons (Fsp3) is 0.529. The molecule has 1 aromatic rings. The van der Waals surface area contributed by atoms with Crippen LogP contribution in [0, 0.1) is 0 Å². The largest absolute Gasteiger partial charge is 0.496 e. The summed E-state index contributed by atoms with van der Waals surface area (Å²) < 4.78 is 21.0. The molecular formula is C17H25NO7. The predicted octanol–water partition coefficient (Wildman–Crippen LogP) is 2.75. The van der Waals surface area contributed by atoms with Crippen LogP contribution in [-0.4, -0.2) is 44.1 Å². The minimum atomic E-state index is -1.09. The Labute approximate surface area is 147 Å². The highest BCUT2D eigenvalue weighted by molar-refractivity contribution is 5.73. The number of hydrogen-bond acceptors (Lipinski definition) is 6. The number of carboxylic acid groups (broad SMARTS) is 1. The Kier molecular flexibility index (Phi) is 6.90. The van der Waals surface area contributed by atoms with Gasteiger partial charge in [-0.15, -0.1) is 0 Å². The molecule has 1 amide bonds. The van der Waals surface area contributed by atoms with Crippen LogP contribution in [0.15, 0.2) is 12.1 Å². The number of alkyl carbamates (subject to hydrolysis) is 1. The van der Waals surface area contributed by atoms with Crippen LogP contribution in [-0.2, 0) is 9.53 Å². The number of carboxylic acids is 1. The van der Waals surface area contributed by atoms with Crippen LogP contribution in [0.25, 0.3) is 0 Å². The Hall–Kier alpha value is -2.64. The van der Waals surface area contributed by atoms with Crippen molar-refractivity contribution in [3.05, 3.63) is 17.7 Å². The summed E-state index contributed by atoms with van der Waals surface area (Å²) in [6.45, 7) is 5.15. The fourth-order valence-electron chi connectivity index (χ4n) is 2.19. The molecule has 0 saturated heterocycles. The molecular weight excluding hydrogens is 330 g/mol. The molecule has 0 spiro atoms. The second kappa shape index (κ2) is 8.46. The molecule has 0 aliphatic heterocycles. The number of benzene rings is 1. The number of ether oxygens (including phenoxy) is 4. The van der Waals surface area contributed by atoms with E-state index < -0.39 is 23.7 Å². The SMILES string of the molecule is COc1cc(OC)c([C@H](CC(=O)O)NC(=O)OC(C)(C)C)cc1OC.